The number of sulfonamides is 1. The largest absolute Gasteiger partial charge is 0.476 e. The van der Waals surface area contributed by atoms with Crippen molar-refractivity contribution >= 4 is 16.0 Å². The summed E-state index contributed by atoms with van der Waals surface area (Å²) in [5, 5.41) is 13.0. The quantitative estimate of drug-likeness (QED) is 0.781. The number of carbonyl (C=O) groups is 1. The molecule has 2 aromatic rings. The number of carboxylic acid groups (broad SMARTS) is 1. The molecule has 2 unspecified atom stereocenters. The molecule has 0 aliphatic carbocycles. The number of nitrogens with zero attached hydrogens (tertiary/aromatic N) is 2. The predicted octanol–water partition coefficient (Wildman–Crippen LogP) is 1.46. The topological polar surface area (TPSA) is 111 Å². The van der Waals surface area contributed by atoms with Crippen molar-refractivity contribution in [2.24, 2.45) is 7.05 Å². The SMILES string of the molecule is Cn1ncc(S(=O)(=O)NC(c2ccc(F)cc2)C2CCCO2)c1C(=O)O. The number of rotatable bonds is 6. The molecule has 2 atom stereocenters. The third-order valence-electron chi connectivity index (χ3n) is 4.25. The highest BCUT2D eigenvalue weighted by Crippen LogP contribution is 2.29. The Balaban J connectivity index is 1.98. The van der Waals surface area contributed by atoms with Gasteiger partial charge in [0.05, 0.1) is 18.3 Å². The predicted molar refractivity (Wildman–Crippen MR) is 88.6 cm³/mol. The molecule has 1 aromatic heterocycles. The molecule has 3 rings (SSSR count). The van der Waals surface area contributed by atoms with Gasteiger partial charge in [0.1, 0.15) is 10.7 Å². The summed E-state index contributed by atoms with van der Waals surface area (Å²) in [6.07, 6.45) is 1.96. The summed E-state index contributed by atoms with van der Waals surface area (Å²) in [6, 6.07) is 4.65. The van der Waals surface area contributed by atoms with Crippen LogP contribution in [0.5, 0.6) is 0 Å². The van der Waals surface area contributed by atoms with Gasteiger partial charge >= 0.3 is 5.97 Å². The van der Waals surface area contributed by atoms with Crippen LogP contribution in [-0.4, -0.2) is 42.0 Å². The number of hydrogen-bond acceptors (Lipinski definition) is 5. The highest BCUT2D eigenvalue weighted by atomic mass is 32.2. The van der Waals surface area contributed by atoms with Gasteiger partial charge in [-0.3, -0.25) is 4.68 Å². The van der Waals surface area contributed by atoms with Gasteiger partial charge in [-0.05, 0) is 30.5 Å². The normalized spacial score (nSPS) is 18.8. The lowest BCUT2D eigenvalue weighted by molar-refractivity contribution is 0.0680. The molecule has 1 fully saturated rings. The van der Waals surface area contributed by atoms with E-state index in [1.165, 1.54) is 31.3 Å². The Kier molecular flexibility index (Phi) is 5.08. The maximum Gasteiger partial charge on any atom is 0.355 e. The molecular formula is C16H18FN3O5S. The number of aromatic nitrogens is 2. The summed E-state index contributed by atoms with van der Waals surface area (Å²) in [6.45, 7) is 0.497. The minimum atomic E-state index is -4.20. The van der Waals surface area contributed by atoms with E-state index in [9.17, 15) is 22.7 Å². The zero-order valence-electron chi connectivity index (χ0n) is 13.9. The molecule has 2 N–H and O–H groups in total. The van der Waals surface area contributed by atoms with E-state index >= 15 is 0 Å². The molecule has 1 saturated heterocycles. The second-order valence-electron chi connectivity index (χ2n) is 5.99. The summed E-state index contributed by atoms with van der Waals surface area (Å²) < 4.78 is 48.0. The molecule has 1 aliphatic rings. The van der Waals surface area contributed by atoms with Crippen molar-refractivity contribution in [1.82, 2.24) is 14.5 Å². The van der Waals surface area contributed by atoms with Crippen molar-refractivity contribution in [3.05, 3.63) is 47.5 Å². The number of carboxylic acids is 1. The Bertz CT molecular complexity index is 904. The van der Waals surface area contributed by atoms with Crippen LogP contribution >= 0.6 is 0 Å². The zero-order chi connectivity index (χ0) is 18.9. The Morgan fingerprint density at radius 2 is 2.12 bits per heavy atom. The second-order valence-corrected chi connectivity index (χ2v) is 7.67. The number of aryl methyl sites for hydroxylation is 1. The lowest BCUT2D eigenvalue weighted by Gasteiger charge is -2.24. The molecule has 8 nitrogen and oxygen atoms in total. The summed E-state index contributed by atoms with van der Waals surface area (Å²) in [7, 11) is -2.85. The van der Waals surface area contributed by atoms with Crippen LogP contribution in [0.2, 0.25) is 0 Å². The van der Waals surface area contributed by atoms with Gasteiger partial charge in [-0.2, -0.15) is 5.10 Å². The maximum absolute atomic E-state index is 13.2. The molecule has 0 amide bonds. The number of benzene rings is 1. The Hall–Kier alpha value is -2.30. The Morgan fingerprint density at radius 3 is 2.69 bits per heavy atom. The van der Waals surface area contributed by atoms with Crippen LogP contribution in [0.4, 0.5) is 4.39 Å². The lowest BCUT2D eigenvalue weighted by atomic mass is 10.0. The summed E-state index contributed by atoms with van der Waals surface area (Å²) in [5.41, 5.74) is 0.0883. The average molecular weight is 383 g/mol. The van der Waals surface area contributed by atoms with Crippen molar-refractivity contribution in [2.75, 3.05) is 6.61 Å². The van der Waals surface area contributed by atoms with Gasteiger partial charge in [0.25, 0.3) is 0 Å². The fourth-order valence-electron chi connectivity index (χ4n) is 2.98. The number of hydrogen-bond donors (Lipinski definition) is 2. The molecule has 1 aromatic carbocycles. The number of nitrogens with one attached hydrogen (secondary N) is 1. The first-order chi connectivity index (χ1) is 12.3. The molecule has 26 heavy (non-hydrogen) atoms. The third-order valence-corrected chi connectivity index (χ3v) is 5.69. The molecule has 0 saturated carbocycles. The van der Waals surface area contributed by atoms with Gasteiger partial charge in [-0.25, -0.2) is 22.3 Å². The lowest BCUT2D eigenvalue weighted by Crippen LogP contribution is -2.36. The fraction of sp³-hybridized carbons (Fsp3) is 0.375. The smallest absolute Gasteiger partial charge is 0.355 e. The van der Waals surface area contributed by atoms with Gasteiger partial charge in [0, 0.05) is 13.7 Å². The monoisotopic (exact) mass is 383 g/mol. The van der Waals surface area contributed by atoms with E-state index in [1.807, 2.05) is 0 Å². The van der Waals surface area contributed by atoms with E-state index in [-0.39, 0.29) is 0 Å². The van der Waals surface area contributed by atoms with E-state index in [4.69, 9.17) is 4.74 Å². The highest BCUT2D eigenvalue weighted by Gasteiger charge is 2.34. The standard InChI is InChI=1S/C16H18FN3O5S/c1-20-15(16(21)22)13(9-18-20)26(23,24)19-14(12-3-2-8-25-12)10-4-6-11(17)7-5-10/h4-7,9,12,14,19H,2-3,8H2,1H3,(H,21,22). The number of halogens is 1. The van der Waals surface area contributed by atoms with E-state index in [0.717, 1.165) is 17.3 Å². The van der Waals surface area contributed by atoms with E-state index in [2.05, 4.69) is 9.82 Å². The van der Waals surface area contributed by atoms with Crippen LogP contribution in [0.3, 0.4) is 0 Å². The molecule has 140 valence electrons. The van der Waals surface area contributed by atoms with Gasteiger partial charge in [-0.1, -0.05) is 12.1 Å². The minimum Gasteiger partial charge on any atom is -0.476 e. The van der Waals surface area contributed by atoms with Crippen molar-refractivity contribution in [3.63, 3.8) is 0 Å². The van der Waals surface area contributed by atoms with Gasteiger partial charge in [0.15, 0.2) is 5.69 Å². The Morgan fingerprint density at radius 1 is 1.42 bits per heavy atom. The number of aromatic carboxylic acids is 1. The van der Waals surface area contributed by atoms with Crippen LogP contribution in [0, 0.1) is 5.82 Å². The van der Waals surface area contributed by atoms with Crippen LogP contribution < -0.4 is 4.72 Å². The van der Waals surface area contributed by atoms with Crippen LogP contribution in [0.15, 0.2) is 35.4 Å². The average Bonchev–Trinajstić information content (AvgIpc) is 3.23. The first kappa shape index (κ1) is 18.5. The van der Waals surface area contributed by atoms with Gasteiger partial charge < -0.3 is 9.84 Å². The summed E-state index contributed by atoms with van der Waals surface area (Å²) in [5.74, 6) is -1.84. The van der Waals surface area contributed by atoms with Crippen molar-refractivity contribution in [2.45, 2.75) is 29.9 Å². The maximum atomic E-state index is 13.2. The second kappa shape index (κ2) is 7.14. The molecule has 2 heterocycles. The molecular weight excluding hydrogens is 365 g/mol. The number of ether oxygens (including phenoxy) is 1. The van der Waals surface area contributed by atoms with Crippen LogP contribution in [-0.2, 0) is 21.8 Å². The van der Waals surface area contributed by atoms with Crippen molar-refractivity contribution < 1.29 is 27.4 Å². The van der Waals surface area contributed by atoms with Crippen molar-refractivity contribution in [1.29, 1.82) is 0 Å². The highest BCUT2D eigenvalue weighted by molar-refractivity contribution is 7.89. The molecule has 0 radical (unpaired) electrons. The van der Waals surface area contributed by atoms with E-state index in [1.54, 1.807) is 0 Å². The summed E-state index contributed by atoms with van der Waals surface area (Å²) >= 11 is 0. The summed E-state index contributed by atoms with van der Waals surface area (Å²) in [4.78, 5) is 10.9. The van der Waals surface area contributed by atoms with Crippen LogP contribution in [0.1, 0.15) is 34.9 Å². The molecule has 0 bridgehead atoms. The molecule has 1 aliphatic heterocycles. The first-order valence-electron chi connectivity index (χ1n) is 7.94. The van der Waals surface area contributed by atoms with Gasteiger partial charge in [0.2, 0.25) is 10.0 Å². The molecule has 10 heteroatoms. The fourth-order valence-corrected chi connectivity index (χ4v) is 4.39. The minimum absolute atomic E-state index is 0.430. The molecule has 0 spiro atoms. The third kappa shape index (κ3) is 3.62. The van der Waals surface area contributed by atoms with Gasteiger partial charge in [-0.15, -0.1) is 0 Å². The zero-order valence-corrected chi connectivity index (χ0v) is 14.7. The first-order valence-corrected chi connectivity index (χ1v) is 9.42. The van der Waals surface area contributed by atoms with Crippen LogP contribution in [0.25, 0.3) is 0 Å². The Labute approximate surface area is 149 Å². The van der Waals surface area contributed by atoms with Crippen molar-refractivity contribution in [3.8, 4) is 0 Å². The van der Waals surface area contributed by atoms with E-state index in [0.29, 0.717) is 18.6 Å². The van der Waals surface area contributed by atoms with E-state index < -0.39 is 44.5 Å².